The van der Waals surface area contributed by atoms with Crippen molar-refractivity contribution in [2.45, 2.75) is 89.7 Å². The molecule has 1 fully saturated rings. The van der Waals surface area contributed by atoms with Crippen molar-refractivity contribution in [2.24, 2.45) is 0 Å². The highest BCUT2D eigenvalue weighted by atomic mass is 16.7. The van der Waals surface area contributed by atoms with Crippen LogP contribution in [-0.4, -0.2) is 34.5 Å². The summed E-state index contributed by atoms with van der Waals surface area (Å²) in [6, 6.07) is 53.0. The minimum atomic E-state index is -0.597. The number of nitrogens with one attached hydrogen (secondary N) is 2. The maximum atomic E-state index is 12.8. The lowest BCUT2D eigenvalue weighted by Crippen LogP contribution is -2.39. The number of benzene rings is 6. The van der Waals surface area contributed by atoms with E-state index < -0.39 is 6.29 Å². The van der Waals surface area contributed by atoms with Crippen LogP contribution in [0.3, 0.4) is 0 Å². The number of rotatable bonds is 20. The SMILES string of the molecule is Nc1ccccc1NC(=O)CCCCCCC(=O)NCc1cccc(-c2cccc(C3OC(CN(Cc4ccccc4)Cc4ccccc4)CC(c4ccc(CO)cc4)O3)c2)c1. The molecule has 1 saturated heterocycles. The lowest BCUT2D eigenvalue weighted by atomic mass is 9.98. The molecule has 2 amide bonds. The van der Waals surface area contributed by atoms with Crippen molar-refractivity contribution in [2.75, 3.05) is 17.6 Å². The molecule has 0 aliphatic carbocycles. The van der Waals surface area contributed by atoms with E-state index in [1.165, 1.54) is 11.1 Å². The van der Waals surface area contributed by atoms with E-state index >= 15 is 0 Å². The van der Waals surface area contributed by atoms with Crippen LogP contribution in [0.1, 0.15) is 90.7 Å². The summed E-state index contributed by atoms with van der Waals surface area (Å²) >= 11 is 0. The largest absolute Gasteiger partial charge is 0.397 e. The summed E-state index contributed by atoms with van der Waals surface area (Å²) in [5.41, 5.74) is 15.5. The summed E-state index contributed by atoms with van der Waals surface area (Å²) in [4.78, 5) is 27.5. The second-order valence-electron chi connectivity index (χ2n) is 16.1. The summed E-state index contributed by atoms with van der Waals surface area (Å²) in [5.74, 6) is -0.0343. The molecule has 0 bridgehead atoms. The average molecular weight is 831 g/mol. The Morgan fingerprint density at radius 1 is 0.613 bits per heavy atom. The number of carbonyl (C=O) groups excluding carboxylic acids is 2. The number of hydrogen-bond donors (Lipinski definition) is 4. The highest BCUT2D eigenvalue weighted by Crippen LogP contribution is 2.39. The molecule has 320 valence electrons. The molecule has 3 atom stereocenters. The van der Waals surface area contributed by atoms with E-state index in [0.29, 0.717) is 43.7 Å². The number of para-hydroxylation sites is 2. The molecule has 0 aromatic heterocycles. The fourth-order valence-corrected chi connectivity index (χ4v) is 7.95. The third-order valence-electron chi connectivity index (χ3n) is 11.3. The van der Waals surface area contributed by atoms with Crippen molar-refractivity contribution in [3.63, 3.8) is 0 Å². The zero-order valence-corrected chi connectivity index (χ0v) is 35.3. The first-order valence-electron chi connectivity index (χ1n) is 21.8. The van der Waals surface area contributed by atoms with Crippen LogP contribution in [0.15, 0.2) is 158 Å². The quantitative estimate of drug-likeness (QED) is 0.0446. The summed E-state index contributed by atoms with van der Waals surface area (Å²) in [5, 5.41) is 15.7. The standard InChI is InChI=1S/C53H58N4O5/c54-48-23-11-12-24-49(48)56-52(60)26-10-2-1-9-25-51(59)55-34-42-19-13-20-44(31-42)45-21-14-22-46(32-45)53-61-47(33-50(62-53)43-29-27-41(38-58)28-30-43)37-57(35-39-15-5-3-6-16-39)36-40-17-7-4-8-18-40/h3-8,11-24,27-32,47,50,53,58H,1-2,9-10,25-26,33-38,54H2,(H,55,59)(H,56,60). The number of hydrogen-bond acceptors (Lipinski definition) is 7. The molecule has 1 heterocycles. The van der Waals surface area contributed by atoms with Crippen LogP contribution in [0, 0.1) is 0 Å². The topological polar surface area (TPSA) is 126 Å². The van der Waals surface area contributed by atoms with Crippen molar-refractivity contribution < 1.29 is 24.2 Å². The number of anilines is 2. The van der Waals surface area contributed by atoms with Gasteiger partial charge in [0.25, 0.3) is 0 Å². The minimum Gasteiger partial charge on any atom is -0.397 e. The molecule has 5 N–H and O–H groups in total. The Labute approximate surface area is 365 Å². The Hall–Kier alpha value is -6.10. The summed E-state index contributed by atoms with van der Waals surface area (Å²) in [6.45, 7) is 2.72. The molecular weight excluding hydrogens is 773 g/mol. The Balaban J connectivity index is 0.964. The van der Waals surface area contributed by atoms with E-state index in [1.807, 2.05) is 42.5 Å². The van der Waals surface area contributed by atoms with Gasteiger partial charge in [0.1, 0.15) is 0 Å². The van der Waals surface area contributed by atoms with Crippen molar-refractivity contribution >= 4 is 23.2 Å². The van der Waals surface area contributed by atoms with Crippen molar-refractivity contribution in [1.29, 1.82) is 0 Å². The molecule has 1 aliphatic rings. The smallest absolute Gasteiger partial charge is 0.224 e. The molecule has 3 unspecified atom stereocenters. The Morgan fingerprint density at radius 2 is 1.23 bits per heavy atom. The molecule has 62 heavy (non-hydrogen) atoms. The first-order valence-corrected chi connectivity index (χ1v) is 21.8. The second-order valence-corrected chi connectivity index (χ2v) is 16.1. The number of aliphatic hydroxyl groups is 1. The van der Waals surface area contributed by atoms with Crippen LogP contribution in [0.2, 0.25) is 0 Å². The number of amides is 2. The molecule has 0 radical (unpaired) electrons. The predicted molar refractivity (Wildman–Crippen MR) is 246 cm³/mol. The van der Waals surface area contributed by atoms with Gasteiger partial charge >= 0.3 is 0 Å². The third-order valence-corrected chi connectivity index (χ3v) is 11.3. The number of carbonyl (C=O) groups is 2. The molecule has 9 nitrogen and oxygen atoms in total. The van der Waals surface area contributed by atoms with Crippen LogP contribution in [0.25, 0.3) is 11.1 Å². The summed E-state index contributed by atoms with van der Waals surface area (Å²) in [7, 11) is 0. The van der Waals surface area contributed by atoms with Crippen molar-refractivity contribution in [1.82, 2.24) is 10.2 Å². The van der Waals surface area contributed by atoms with E-state index in [1.54, 1.807) is 12.1 Å². The van der Waals surface area contributed by atoms with E-state index in [4.69, 9.17) is 15.2 Å². The fourth-order valence-electron chi connectivity index (χ4n) is 7.95. The van der Waals surface area contributed by atoms with Gasteiger partial charge in [-0.15, -0.1) is 0 Å². The molecule has 1 aliphatic heterocycles. The normalized spacial score (nSPS) is 16.2. The highest BCUT2D eigenvalue weighted by molar-refractivity contribution is 5.93. The highest BCUT2D eigenvalue weighted by Gasteiger charge is 2.33. The monoisotopic (exact) mass is 830 g/mol. The number of nitrogens with two attached hydrogens (primary N) is 1. The van der Waals surface area contributed by atoms with Crippen LogP contribution in [0.5, 0.6) is 0 Å². The zero-order chi connectivity index (χ0) is 42.9. The van der Waals surface area contributed by atoms with E-state index in [-0.39, 0.29) is 30.6 Å². The maximum Gasteiger partial charge on any atom is 0.224 e. The number of unbranched alkanes of at least 4 members (excludes halogenated alkanes) is 3. The number of aliphatic hydroxyl groups excluding tert-OH is 1. The van der Waals surface area contributed by atoms with Gasteiger partial charge in [0.05, 0.1) is 30.2 Å². The first kappa shape index (κ1) is 44.0. The zero-order valence-electron chi connectivity index (χ0n) is 35.3. The van der Waals surface area contributed by atoms with Crippen LogP contribution in [0.4, 0.5) is 11.4 Å². The van der Waals surface area contributed by atoms with Gasteiger partial charge in [-0.25, -0.2) is 0 Å². The van der Waals surface area contributed by atoms with Gasteiger partial charge in [0, 0.05) is 51.0 Å². The predicted octanol–water partition coefficient (Wildman–Crippen LogP) is 10.3. The van der Waals surface area contributed by atoms with Crippen molar-refractivity contribution in [3.05, 3.63) is 191 Å². The lowest BCUT2D eigenvalue weighted by molar-refractivity contribution is -0.253. The van der Waals surface area contributed by atoms with Crippen molar-refractivity contribution in [3.8, 4) is 11.1 Å². The molecular formula is C53H58N4O5. The van der Waals surface area contributed by atoms with Gasteiger partial charge in [-0.05, 0) is 76.1 Å². The van der Waals surface area contributed by atoms with E-state index in [9.17, 15) is 14.7 Å². The van der Waals surface area contributed by atoms with Gasteiger partial charge in [-0.3, -0.25) is 14.5 Å². The molecule has 9 heteroatoms. The third kappa shape index (κ3) is 13.2. The average Bonchev–Trinajstić information content (AvgIpc) is 3.31. The number of nitrogen functional groups attached to an aromatic ring is 1. The molecule has 0 spiro atoms. The minimum absolute atomic E-state index is 0.00852. The number of ether oxygens (including phenoxy) is 2. The molecule has 6 aromatic rings. The molecule has 7 rings (SSSR count). The lowest BCUT2D eigenvalue weighted by Gasteiger charge is -2.38. The van der Waals surface area contributed by atoms with Gasteiger partial charge in [-0.1, -0.05) is 146 Å². The Morgan fingerprint density at radius 3 is 1.90 bits per heavy atom. The van der Waals surface area contributed by atoms with Gasteiger partial charge in [0.2, 0.25) is 11.8 Å². The van der Waals surface area contributed by atoms with Gasteiger partial charge < -0.3 is 30.9 Å². The second kappa shape index (κ2) is 22.7. The summed E-state index contributed by atoms with van der Waals surface area (Å²) < 4.78 is 13.6. The number of nitrogens with zero attached hydrogens (tertiary/aromatic N) is 1. The van der Waals surface area contributed by atoms with Crippen LogP contribution < -0.4 is 16.4 Å². The van der Waals surface area contributed by atoms with Crippen LogP contribution >= 0.6 is 0 Å². The Kier molecular flexibility index (Phi) is 16.1. The van der Waals surface area contributed by atoms with E-state index in [2.05, 4.69) is 119 Å². The van der Waals surface area contributed by atoms with Gasteiger partial charge in [0.15, 0.2) is 6.29 Å². The Bertz CT molecular complexity index is 2280. The summed E-state index contributed by atoms with van der Waals surface area (Å²) in [6.07, 6.45) is 3.92. The fraction of sp³-hybridized carbons (Fsp3) is 0.283. The van der Waals surface area contributed by atoms with Crippen LogP contribution in [-0.2, 0) is 45.3 Å². The maximum absolute atomic E-state index is 12.8. The van der Waals surface area contributed by atoms with Gasteiger partial charge in [-0.2, -0.15) is 0 Å². The molecule has 0 saturated carbocycles. The van der Waals surface area contributed by atoms with E-state index in [0.717, 1.165) is 72.2 Å². The molecule has 6 aromatic carbocycles. The first-order chi connectivity index (χ1) is 30.4.